The normalized spacial score (nSPS) is 11.8. The minimum Gasteiger partial charge on any atom is -0.481 e. The van der Waals surface area contributed by atoms with Crippen LogP contribution in [0.5, 0.6) is 0 Å². The molecule has 0 radical (unpaired) electrons. The van der Waals surface area contributed by atoms with Gasteiger partial charge in [0.25, 0.3) is 0 Å². The van der Waals surface area contributed by atoms with E-state index in [-0.39, 0.29) is 12.3 Å². The van der Waals surface area contributed by atoms with Crippen molar-refractivity contribution in [2.24, 2.45) is 5.92 Å². The molecule has 1 amide bonds. The standard InChI is InChI=1S/C20H16Cl2N2O3S/c21-14-6-7-15(16(22)10-14)17-11-28-20(23-17)24-19(27)13(9-18(25)26)8-12-4-2-1-3-5-12/h1-7,10-11,13H,8-9H2,(H,25,26)(H,23,24,27)/t13-/m1/s1. The van der Waals surface area contributed by atoms with Crippen LogP contribution in [0.25, 0.3) is 11.3 Å². The zero-order valence-electron chi connectivity index (χ0n) is 14.6. The lowest BCUT2D eigenvalue weighted by molar-refractivity contribution is -0.140. The Morgan fingerprint density at radius 3 is 2.57 bits per heavy atom. The van der Waals surface area contributed by atoms with Crippen molar-refractivity contribution in [3.8, 4) is 11.3 Å². The molecule has 0 saturated carbocycles. The number of rotatable bonds is 7. The highest BCUT2D eigenvalue weighted by atomic mass is 35.5. The van der Waals surface area contributed by atoms with Gasteiger partial charge in [-0.15, -0.1) is 11.3 Å². The van der Waals surface area contributed by atoms with Gasteiger partial charge in [-0.05, 0) is 30.2 Å². The van der Waals surface area contributed by atoms with E-state index in [4.69, 9.17) is 28.3 Å². The molecule has 0 unspecified atom stereocenters. The number of anilines is 1. The quantitative estimate of drug-likeness (QED) is 0.522. The Morgan fingerprint density at radius 2 is 1.89 bits per heavy atom. The molecular formula is C20H16Cl2N2O3S. The van der Waals surface area contributed by atoms with Crippen molar-refractivity contribution >= 4 is 51.5 Å². The summed E-state index contributed by atoms with van der Waals surface area (Å²) >= 11 is 13.4. The molecule has 8 heteroatoms. The van der Waals surface area contributed by atoms with E-state index >= 15 is 0 Å². The van der Waals surface area contributed by atoms with Gasteiger partial charge in [0.15, 0.2) is 5.13 Å². The lowest BCUT2D eigenvalue weighted by Gasteiger charge is -2.14. The van der Waals surface area contributed by atoms with Crippen LogP contribution in [0.1, 0.15) is 12.0 Å². The minimum absolute atomic E-state index is 0.262. The van der Waals surface area contributed by atoms with Crippen LogP contribution in [-0.4, -0.2) is 22.0 Å². The molecule has 1 heterocycles. The van der Waals surface area contributed by atoms with Crippen molar-refractivity contribution in [3.05, 3.63) is 69.5 Å². The monoisotopic (exact) mass is 434 g/mol. The van der Waals surface area contributed by atoms with Crippen molar-refractivity contribution in [1.29, 1.82) is 0 Å². The van der Waals surface area contributed by atoms with Gasteiger partial charge in [-0.3, -0.25) is 9.59 Å². The number of nitrogens with zero attached hydrogens (tertiary/aromatic N) is 1. The third kappa shape index (κ3) is 5.32. The molecule has 0 fully saturated rings. The zero-order valence-corrected chi connectivity index (χ0v) is 16.9. The molecule has 0 saturated heterocycles. The lowest BCUT2D eigenvalue weighted by Crippen LogP contribution is -2.27. The van der Waals surface area contributed by atoms with E-state index in [1.165, 1.54) is 11.3 Å². The van der Waals surface area contributed by atoms with Crippen LogP contribution in [0.3, 0.4) is 0 Å². The summed E-state index contributed by atoms with van der Waals surface area (Å²) in [4.78, 5) is 28.2. The van der Waals surface area contributed by atoms with Crippen molar-refractivity contribution in [2.45, 2.75) is 12.8 Å². The predicted octanol–water partition coefficient (Wildman–Crippen LogP) is 5.39. The maximum Gasteiger partial charge on any atom is 0.304 e. The van der Waals surface area contributed by atoms with Crippen LogP contribution in [0.2, 0.25) is 10.0 Å². The first-order valence-corrected chi connectivity index (χ1v) is 10.0. The Kier molecular flexibility index (Phi) is 6.67. The van der Waals surface area contributed by atoms with E-state index in [9.17, 15) is 9.59 Å². The average molecular weight is 435 g/mol. The highest BCUT2D eigenvalue weighted by Crippen LogP contribution is 2.32. The maximum absolute atomic E-state index is 12.7. The number of carboxylic acid groups (broad SMARTS) is 1. The van der Waals surface area contributed by atoms with Gasteiger partial charge in [-0.2, -0.15) is 0 Å². The highest BCUT2D eigenvalue weighted by Gasteiger charge is 2.23. The summed E-state index contributed by atoms with van der Waals surface area (Å²) in [6.07, 6.45) is 0.0716. The topological polar surface area (TPSA) is 79.3 Å². The van der Waals surface area contributed by atoms with Gasteiger partial charge in [0.2, 0.25) is 5.91 Å². The molecule has 2 aromatic carbocycles. The molecule has 1 aromatic heterocycles. The second-order valence-electron chi connectivity index (χ2n) is 6.14. The van der Waals surface area contributed by atoms with Gasteiger partial charge in [0.05, 0.1) is 23.1 Å². The molecule has 0 aliphatic carbocycles. The summed E-state index contributed by atoms with van der Waals surface area (Å²) in [6.45, 7) is 0. The Hall–Kier alpha value is -2.41. The Labute approximate surface area is 176 Å². The molecule has 0 aliphatic rings. The molecule has 0 bridgehead atoms. The molecule has 0 spiro atoms. The average Bonchev–Trinajstić information content (AvgIpc) is 3.09. The number of hydrogen-bond donors (Lipinski definition) is 2. The number of carbonyl (C=O) groups excluding carboxylic acids is 1. The summed E-state index contributed by atoms with van der Waals surface area (Å²) in [7, 11) is 0. The third-order valence-corrected chi connectivity index (χ3v) is 5.36. The van der Waals surface area contributed by atoms with Gasteiger partial charge in [-0.25, -0.2) is 4.98 Å². The molecular weight excluding hydrogens is 419 g/mol. The summed E-state index contributed by atoms with van der Waals surface area (Å²) < 4.78 is 0. The molecule has 3 rings (SSSR count). The number of halogens is 2. The van der Waals surface area contributed by atoms with Crippen LogP contribution < -0.4 is 5.32 Å². The number of amides is 1. The molecule has 28 heavy (non-hydrogen) atoms. The number of aromatic nitrogens is 1. The Morgan fingerprint density at radius 1 is 1.14 bits per heavy atom. The predicted molar refractivity (Wildman–Crippen MR) is 112 cm³/mol. The van der Waals surface area contributed by atoms with Crippen LogP contribution in [0.15, 0.2) is 53.9 Å². The van der Waals surface area contributed by atoms with E-state index < -0.39 is 11.9 Å². The summed E-state index contributed by atoms with van der Waals surface area (Å²) in [6, 6.07) is 14.4. The molecule has 2 N–H and O–H groups in total. The van der Waals surface area contributed by atoms with Gasteiger partial charge < -0.3 is 10.4 Å². The highest BCUT2D eigenvalue weighted by molar-refractivity contribution is 7.14. The SMILES string of the molecule is O=C(O)C[C@@H](Cc1ccccc1)C(=O)Nc1nc(-c2ccc(Cl)cc2Cl)cs1. The fourth-order valence-corrected chi connectivity index (χ4v) is 3.95. The van der Waals surface area contributed by atoms with Crippen molar-refractivity contribution in [3.63, 3.8) is 0 Å². The van der Waals surface area contributed by atoms with Crippen molar-refractivity contribution in [2.75, 3.05) is 5.32 Å². The lowest BCUT2D eigenvalue weighted by atomic mass is 9.95. The van der Waals surface area contributed by atoms with Crippen LogP contribution >= 0.6 is 34.5 Å². The number of benzene rings is 2. The number of nitrogens with one attached hydrogen (secondary N) is 1. The van der Waals surface area contributed by atoms with E-state index in [2.05, 4.69) is 10.3 Å². The van der Waals surface area contributed by atoms with Gasteiger partial charge in [-0.1, -0.05) is 53.5 Å². The maximum atomic E-state index is 12.7. The number of hydrogen-bond acceptors (Lipinski definition) is 4. The fraction of sp³-hybridized carbons (Fsp3) is 0.150. The number of thiazole rings is 1. The zero-order chi connectivity index (χ0) is 20.1. The number of carbonyl (C=O) groups is 2. The summed E-state index contributed by atoms with van der Waals surface area (Å²) in [5, 5.41) is 15.0. The fourth-order valence-electron chi connectivity index (χ4n) is 2.73. The van der Waals surface area contributed by atoms with Crippen molar-refractivity contribution in [1.82, 2.24) is 4.98 Å². The van der Waals surface area contributed by atoms with Gasteiger partial charge in [0.1, 0.15) is 0 Å². The second-order valence-corrected chi connectivity index (χ2v) is 7.84. The number of aliphatic carboxylic acids is 1. The van der Waals surface area contributed by atoms with E-state index in [0.717, 1.165) is 5.56 Å². The van der Waals surface area contributed by atoms with Crippen LogP contribution in [0.4, 0.5) is 5.13 Å². The Balaban J connectivity index is 1.74. The second kappa shape index (κ2) is 9.19. The van der Waals surface area contributed by atoms with Crippen LogP contribution in [-0.2, 0) is 16.0 Å². The molecule has 1 atom stereocenters. The first kappa shape index (κ1) is 20.3. The number of carboxylic acids is 1. The third-order valence-electron chi connectivity index (χ3n) is 4.06. The van der Waals surface area contributed by atoms with Gasteiger partial charge in [0, 0.05) is 16.0 Å². The minimum atomic E-state index is -1.02. The molecule has 144 valence electrons. The first-order chi connectivity index (χ1) is 13.4. The van der Waals surface area contributed by atoms with Crippen LogP contribution in [0, 0.1) is 5.92 Å². The summed E-state index contributed by atoms with van der Waals surface area (Å²) in [5.74, 6) is -2.11. The molecule has 0 aliphatic heterocycles. The van der Waals surface area contributed by atoms with Crippen molar-refractivity contribution < 1.29 is 14.7 Å². The molecule has 5 nitrogen and oxygen atoms in total. The van der Waals surface area contributed by atoms with E-state index in [0.29, 0.717) is 32.9 Å². The van der Waals surface area contributed by atoms with E-state index in [1.807, 2.05) is 30.3 Å². The first-order valence-electron chi connectivity index (χ1n) is 8.40. The molecule has 3 aromatic rings. The van der Waals surface area contributed by atoms with Gasteiger partial charge >= 0.3 is 5.97 Å². The largest absolute Gasteiger partial charge is 0.481 e. The summed E-state index contributed by atoms with van der Waals surface area (Å²) in [5.41, 5.74) is 2.21. The van der Waals surface area contributed by atoms with E-state index in [1.54, 1.807) is 23.6 Å². The smallest absolute Gasteiger partial charge is 0.304 e. The Bertz CT molecular complexity index is 992.